The predicted octanol–water partition coefficient (Wildman–Crippen LogP) is 5.45. The molecular formula is C20H17NO2S. The number of rotatable bonds is 5. The molecule has 3 aromatic carbocycles. The minimum absolute atomic E-state index is 0.160. The molecule has 0 aliphatic heterocycles. The summed E-state index contributed by atoms with van der Waals surface area (Å²) in [5.41, 5.74) is 1.25. The third kappa shape index (κ3) is 3.97. The number of hydrogen-bond acceptors (Lipinski definition) is 3. The van der Waals surface area contributed by atoms with Gasteiger partial charge >= 0.3 is 0 Å². The summed E-state index contributed by atoms with van der Waals surface area (Å²) in [6.07, 6.45) is 2.01. The number of ether oxygens (including phenoxy) is 1. The number of para-hydroxylation sites is 3. The summed E-state index contributed by atoms with van der Waals surface area (Å²) in [7, 11) is 0. The van der Waals surface area contributed by atoms with Crippen LogP contribution in [0.2, 0.25) is 0 Å². The van der Waals surface area contributed by atoms with Crippen LogP contribution < -0.4 is 10.1 Å². The Morgan fingerprint density at radius 1 is 0.875 bits per heavy atom. The molecule has 0 saturated carbocycles. The summed E-state index contributed by atoms with van der Waals surface area (Å²) in [5.74, 6) is 1.17. The maximum absolute atomic E-state index is 12.4. The van der Waals surface area contributed by atoms with Crippen molar-refractivity contribution in [3.8, 4) is 11.5 Å². The lowest BCUT2D eigenvalue weighted by atomic mass is 10.2. The van der Waals surface area contributed by atoms with Gasteiger partial charge in [-0.15, -0.1) is 11.8 Å². The van der Waals surface area contributed by atoms with Gasteiger partial charge in [-0.05, 0) is 54.8 Å². The van der Waals surface area contributed by atoms with Crippen LogP contribution in [0.3, 0.4) is 0 Å². The maximum atomic E-state index is 12.4. The Kier molecular flexibility index (Phi) is 5.18. The molecule has 3 aromatic rings. The van der Waals surface area contributed by atoms with Crippen molar-refractivity contribution in [2.24, 2.45) is 0 Å². The molecule has 0 aliphatic rings. The Balaban J connectivity index is 1.78. The number of anilines is 1. The van der Waals surface area contributed by atoms with Gasteiger partial charge in [-0.25, -0.2) is 0 Å². The standard InChI is InChI=1S/C20H17NO2S/c1-24-17-13-11-15(12-14-17)20(22)21-18-9-5-6-10-19(18)23-16-7-3-2-4-8-16/h2-14H,1H3,(H,21,22). The van der Waals surface area contributed by atoms with Gasteiger partial charge in [0.15, 0.2) is 5.75 Å². The number of carbonyl (C=O) groups is 1. The molecule has 0 radical (unpaired) electrons. The van der Waals surface area contributed by atoms with E-state index in [1.807, 2.05) is 85.1 Å². The Labute approximate surface area is 145 Å². The molecule has 0 atom stereocenters. The highest BCUT2D eigenvalue weighted by molar-refractivity contribution is 7.98. The van der Waals surface area contributed by atoms with Crippen LogP contribution in [0.5, 0.6) is 11.5 Å². The average molecular weight is 335 g/mol. The predicted molar refractivity (Wildman–Crippen MR) is 99.1 cm³/mol. The van der Waals surface area contributed by atoms with E-state index in [9.17, 15) is 4.79 Å². The van der Waals surface area contributed by atoms with E-state index in [4.69, 9.17) is 4.74 Å². The minimum Gasteiger partial charge on any atom is -0.455 e. The van der Waals surface area contributed by atoms with Crippen molar-refractivity contribution in [2.75, 3.05) is 11.6 Å². The fourth-order valence-electron chi connectivity index (χ4n) is 2.21. The first-order valence-electron chi connectivity index (χ1n) is 7.53. The van der Waals surface area contributed by atoms with Gasteiger partial charge in [0, 0.05) is 10.5 Å². The molecular weight excluding hydrogens is 318 g/mol. The number of thioether (sulfide) groups is 1. The molecule has 3 rings (SSSR count). The highest BCUT2D eigenvalue weighted by atomic mass is 32.2. The van der Waals surface area contributed by atoms with Crippen molar-refractivity contribution >= 4 is 23.4 Å². The summed E-state index contributed by atoms with van der Waals surface area (Å²) in [6, 6.07) is 24.4. The number of benzene rings is 3. The molecule has 0 aliphatic carbocycles. The van der Waals surface area contributed by atoms with E-state index in [1.54, 1.807) is 11.8 Å². The van der Waals surface area contributed by atoms with Crippen LogP contribution in [0.25, 0.3) is 0 Å². The molecule has 3 nitrogen and oxygen atoms in total. The molecule has 0 saturated heterocycles. The van der Waals surface area contributed by atoms with Gasteiger partial charge in [-0.3, -0.25) is 4.79 Å². The van der Waals surface area contributed by atoms with Crippen LogP contribution in [0.1, 0.15) is 10.4 Å². The quantitative estimate of drug-likeness (QED) is 0.630. The molecule has 24 heavy (non-hydrogen) atoms. The van der Waals surface area contributed by atoms with Gasteiger partial charge in [0.1, 0.15) is 5.75 Å². The number of hydrogen-bond donors (Lipinski definition) is 1. The van der Waals surface area contributed by atoms with E-state index in [2.05, 4.69) is 5.32 Å². The smallest absolute Gasteiger partial charge is 0.255 e. The molecule has 0 spiro atoms. The van der Waals surface area contributed by atoms with Crippen molar-refractivity contribution in [3.63, 3.8) is 0 Å². The Morgan fingerprint density at radius 3 is 2.25 bits per heavy atom. The fourth-order valence-corrected chi connectivity index (χ4v) is 2.62. The topological polar surface area (TPSA) is 38.3 Å². The molecule has 0 bridgehead atoms. The van der Waals surface area contributed by atoms with Crippen molar-refractivity contribution in [3.05, 3.63) is 84.4 Å². The lowest BCUT2D eigenvalue weighted by Gasteiger charge is -2.12. The third-order valence-corrected chi connectivity index (χ3v) is 4.20. The monoisotopic (exact) mass is 335 g/mol. The van der Waals surface area contributed by atoms with Crippen LogP contribution in [-0.4, -0.2) is 12.2 Å². The highest BCUT2D eigenvalue weighted by Gasteiger charge is 2.10. The van der Waals surface area contributed by atoms with Gasteiger partial charge in [-0.1, -0.05) is 30.3 Å². The van der Waals surface area contributed by atoms with Crippen LogP contribution in [0.4, 0.5) is 5.69 Å². The molecule has 1 amide bonds. The molecule has 1 N–H and O–H groups in total. The zero-order valence-electron chi connectivity index (χ0n) is 13.2. The Morgan fingerprint density at radius 2 is 1.54 bits per heavy atom. The van der Waals surface area contributed by atoms with E-state index in [-0.39, 0.29) is 5.91 Å². The lowest BCUT2D eigenvalue weighted by molar-refractivity contribution is 0.102. The first-order chi connectivity index (χ1) is 11.8. The summed E-state index contributed by atoms with van der Waals surface area (Å²) >= 11 is 1.65. The van der Waals surface area contributed by atoms with E-state index in [0.29, 0.717) is 17.0 Å². The zero-order chi connectivity index (χ0) is 16.8. The second-order valence-corrected chi connectivity index (χ2v) is 5.97. The normalized spacial score (nSPS) is 10.2. The largest absolute Gasteiger partial charge is 0.455 e. The van der Waals surface area contributed by atoms with E-state index >= 15 is 0 Å². The van der Waals surface area contributed by atoms with E-state index in [0.717, 1.165) is 10.6 Å². The summed E-state index contributed by atoms with van der Waals surface area (Å²) < 4.78 is 5.86. The van der Waals surface area contributed by atoms with Gasteiger partial charge in [0.25, 0.3) is 5.91 Å². The zero-order valence-corrected chi connectivity index (χ0v) is 14.0. The second kappa shape index (κ2) is 7.70. The first kappa shape index (κ1) is 16.1. The Hall–Kier alpha value is -2.72. The van der Waals surface area contributed by atoms with Gasteiger partial charge in [0.05, 0.1) is 5.69 Å². The van der Waals surface area contributed by atoms with E-state index in [1.165, 1.54) is 0 Å². The Bertz CT molecular complexity index is 817. The van der Waals surface area contributed by atoms with Crippen LogP contribution in [0, 0.1) is 0 Å². The fraction of sp³-hybridized carbons (Fsp3) is 0.0500. The molecule has 4 heteroatoms. The lowest BCUT2D eigenvalue weighted by Crippen LogP contribution is -2.12. The van der Waals surface area contributed by atoms with Gasteiger partial charge < -0.3 is 10.1 Å². The van der Waals surface area contributed by atoms with Crippen molar-refractivity contribution in [1.29, 1.82) is 0 Å². The minimum atomic E-state index is -0.160. The molecule has 0 unspecified atom stereocenters. The molecule has 0 fully saturated rings. The molecule has 120 valence electrons. The molecule has 0 aromatic heterocycles. The van der Waals surface area contributed by atoms with E-state index < -0.39 is 0 Å². The third-order valence-electron chi connectivity index (χ3n) is 3.46. The summed E-state index contributed by atoms with van der Waals surface area (Å²) in [4.78, 5) is 13.6. The number of amides is 1. The van der Waals surface area contributed by atoms with Crippen LogP contribution >= 0.6 is 11.8 Å². The van der Waals surface area contributed by atoms with Crippen molar-refractivity contribution in [2.45, 2.75) is 4.90 Å². The van der Waals surface area contributed by atoms with Crippen molar-refractivity contribution < 1.29 is 9.53 Å². The summed E-state index contributed by atoms with van der Waals surface area (Å²) in [5, 5.41) is 2.91. The van der Waals surface area contributed by atoms with Crippen LogP contribution in [0.15, 0.2) is 83.8 Å². The van der Waals surface area contributed by atoms with Gasteiger partial charge in [-0.2, -0.15) is 0 Å². The second-order valence-electron chi connectivity index (χ2n) is 5.09. The first-order valence-corrected chi connectivity index (χ1v) is 8.76. The highest BCUT2D eigenvalue weighted by Crippen LogP contribution is 2.29. The van der Waals surface area contributed by atoms with Crippen LogP contribution in [-0.2, 0) is 0 Å². The maximum Gasteiger partial charge on any atom is 0.255 e. The molecule has 0 heterocycles. The van der Waals surface area contributed by atoms with Crippen molar-refractivity contribution in [1.82, 2.24) is 0 Å². The SMILES string of the molecule is CSc1ccc(C(=O)Nc2ccccc2Oc2ccccc2)cc1. The average Bonchev–Trinajstić information content (AvgIpc) is 2.64. The summed E-state index contributed by atoms with van der Waals surface area (Å²) in [6.45, 7) is 0. The van der Waals surface area contributed by atoms with Gasteiger partial charge in [0.2, 0.25) is 0 Å². The number of nitrogens with one attached hydrogen (secondary N) is 1. The number of carbonyl (C=O) groups excluding carboxylic acids is 1.